The van der Waals surface area contributed by atoms with Crippen LogP contribution in [0.15, 0.2) is 12.7 Å². The number of piperidine rings is 1. The van der Waals surface area contributed by atoms with Gasteiger partial charge in [-0.15, -0.1) is 0 Å². The van der Waals surface area contributed by atoms with Gasteiger partial charge >= 0.3 is 0 Å². The Morgan fingerprint density at radius 2 is 2.10 bits per heavy atom. The maximum absolute atomic E-state index is 12.3. The number of imidazole rings is 1. The zero-order valence-corrected chi connectivity index (χ0v) is 16.8. The van der Waals surface area contributed by atoms with Crippen molar-refractivity contribution >= 4 is 22.9 Å². The quantitative estimate of drug-likeness (QED) is 0.657. The summed E-state index contributed by atoms with van der Waals surface area (Å²) in [6.07, 6.45) is 6.13. The molecule has 2 aromatic rings. The first-order valence-corrected chi connectivity index (χ1v) is 10.1. The van der Waals surface area contributed by atoms with Gasteiger partial charge in [0.2, 0.25) is 5.91 Å². The van der Waals surface area contributed by atoms with E-state index >= 15 is 0 Å². The van der Waals surface area contributed by atoms with Crippen LogP contribution >= 0.6 is 0 Å². The van der Waals surface area contributed by atoms with Gasteiger partial charge in [0.05, 0.1) is 30.2 Å². The van der Waals surface area contributed by atoms with Crippen LogP contribution in [-0.2, 0) is 9.53 Å². The number of ether oxygens (including phenoxy) is 1. The van der Waals surface area contributed by atoms with E-state index in [4.69, 9.17) is 16.2 Å². The molecular formula is C19H29N7O3. The number of carbonyl (C=O) groups excluding carboxylic acids is 1. The molecule has 29 heavy (non-hydrogen) atoms. The van der Waals surface area contributed by atoms with Crippen LogP contribution in [0, 0.1) is 0 Å². The summed E-state index contributed by atoms with van der Waals surface area (Å²) in [5.74, 6) is 0.459. The van der Waals surface area contributed by atoms with Crippen LogP contribution in [0.2, 0.25) is 0 Å². The maximum Gasteiger partial charge on any atom is 0.222 e. The Kier molecular flexibility index (Phi) is 5.18. The second-order valence-corrected chi connectivity index (χ2v) is 8.40. The molecule has 158 valence electrons. The van der Waals surface area contributed by atoms with Crippen molar-refractivity contribution in [3.8, 4) is 0 Å². The molecule has 0 unspecified atom stereocenters. The molecule has 5 N–H and O–H groups in total. The lowest BCUT2D eigenvalue weighted by Gasteiger charge is -2.51. The molecule has 1 amide bonds. The summed E-state index contributed by atoms with van der Waals surface area (Å²) in [4.78, 5) is 26.7. The van der Waals surface area contributed by atoms with Crippen LogP contribution < -0.4 is 11.5 Å². The SMILES string of the molecule is C[C@]1(O)CC2(CCN(C(=O)CCCN)CC2)OC[C@@H]1n1cnc2c(N)ncnc21. The molecule has 1 spiro atoms. The normalized spacial score (nSPS) is 26.9. The van der Waals surface area contributed by atoms with Crippen molar-refractivity contribution in [2.75, 3.05) is 32.0 Å². The minimum atomic E-state index is -1.02. The smallest absolute Gasteiger partial charge is 0.222 e. The number of aromatic nitrogens is 4. The topological polar surface area (TPSA) is 145 Å². The van der Waals surface area contributed by atoms with E-state index in [9.17, 15) is 9.90 Å². The van der Waals surface area contributed by atoms with Gasteiger partial charge in [0.15, 0.2) is 11.5 Å². The summed E-state index contributed by atoms with van der Waals surface area (Å²) >= 11 is 0. The van der Waals surface area contributed by atoms with Gasteiger partial charge in [-0.05, 0) is 32.7 Å². The molecule has 2 aliphatic heterocycles. The minimum absolute atomic E-state index is 0.146. The van der Waals surface area contributed by atoms with Crippen LogP contribution in [0.1, 0.15) is 45.1 Å². The third-order valence-electron chi connectivity index (χ3n) is 6.29. The number of nitrogens with zero attached hydrogens (tertiary/aromatic N) is 5. The Balaban J connectivity index is 1.47. The fraction of sp³-hybridized carbons (Fsp3) is 0.684. The van der Waals surface area contributed by atoms with Gasteiger partial charge in [-0.25, -0.2) is 15.0 Å². The highest BCUT2D eigenvalue weighted by Gasteiger charge is 2.50. The summed E-state index contributed by atoms with van der Waals surface area (Å²) < 4.78 is 8.15. The van der Waals surface area contributed by atoms with E-state index in [1.807, 2.05) is 16.4 Å². The van der Waals surface area contributed by atoms with Crippen molar-refractivity contribution in [3.05, 3.63) is 12.7 Å². The molecule has 2 aliphatic rings. The first-order chi connectivity index (χ1) is 13.9. The number of likely N-dealkylation sites (tertiary alicyclic amines) is 1. The molecule has 4 heterocycles. The zero-order valence-electron chi connectivity index (χ0n) is 16.8. The maximum atomic E-state index is 12.3. The Morgan fingerprint density at radius 3 is 2.79 bits per heavy atom. The fourth-order valence-corrected chi connectivity index (χ4v) is 4.63. The number of fused-ring (bicyclic) bond motifs is 1. The summed E-state index contributed by atoms with van der Waals surface area (Å²) in [6.45, 7) is 3.97. The second kappa shape index (κ2) is 7.51. The van der Waals surface area contributed by atoms with E-state index in [1.54, 1.807) is 6.33 Å². The highest BCUT2D eigenvalue weighted by Crippen LogP contribution is 2.44. The van der Waals surface area contributed by atoms with E-state index in [2.05, 4.69) is 15.0 Å². The van der Waals surface area contributed by atoms with Crippen molar-refractivity contribution < 1.29 is 14.6 Å². The van der Waals surface area contributed by atoms with Gasteiger partial charge in [-0.2, -0.15) is 0 Å². The molecule has 10 nitrogen and oxygen atoms in total. The Hall–Kier alpha value is -2.30. The molecule has 2 fully saturated rings. The van der Waals surface area contributed by atoms with Gasteiger partial charge in [-0.3, -0.25) is 4.79 Å². The highest BCUT2D eigenvalue weighted by molar-refractivity contribution is 5.81. The third kappa shape index (κ3) is 3.67. The Labute approximate surface area is 169 Å². The summed E-state index contributed by atoms with van der Waals surface area (Å²) in [5.41, 5.74) is 11.1. The number of hydrogen-bond acceptors (Lipinski definition) is 8. The number of nitrogen functional groups attached to an aromatic ring is 1. The average Bonchev–Trinajstić information content (AvgIpc) is 3.11. The Morgan fingerprint density at radius 1 is 1.34 bits per heavy atom. The molecule has 2 atom stereocenters. The van der Waals surface area contributed by atoms with Crippen molar-refractivity contribution in [2.45, 2.75) is 56.3 Å². The van der Waals surface area contributed by atoms with Gasteiger partial charge in [0.1, 0.15) is 11.8 Å². The monoisotopic (exact) mass is 403 g/mol. The highest BCUT2D eigenvalue weighted by atomic mass is 16.5. The molecule has 0 saturated carbocycles. The first-order valence-electron chi connectivity index (χ1n) is 10.1. The molecule has 10 heteroatoms. The molecule has 4 rings (SSSR count). The number of aliphatic hydroxyl groups is 1. The number of carbonyl (C=O) groups is 1. The van der Waals surface area contributed by atoms with Crippen molar-refractivity contribution in [3.63, 3.8) is 0 Å². The summed E-state index contributed by atoms with van der Waals surface area (Å²) in [5, 5.41) is 11.3. The lowest BCUT2D eigenvalue weighted by molar-refractivity contribution is -0.197. The predicted octanol–water partition coefficient (Wildman–Crippen LogP) is 0.221. The molecule has 0 bridgehead atoms. The second-order valence-electron chi connectivity index (χ2n) is 8.40. The largest absolute Gasteiger partial charge is 0.388 e. The number of hydrogen-bond donors (Lipinski definition) is 3. The first kappa shape index (κ1) is 20.0. The summed E-state index contributed by atoms with van der Waals surface area (Å²) in [7, 11) is 0. The van der Waals surface area contributed by atoms with Crippen LogP contribution in [0.5, 0.6) is 0 Å². The average molecular weight is 403 g/mol. The van der Waals surface area contributed by atoms with Crippen LogP contribution in [0.4, 0.5) is 5.82 Å². The van der Waals surface area contributed by atoms with Crippen molar-refractivity contribution in [2.24, 2.45) is 5.73 Å². The fourth-order valence-electron chi connectivity index (χ4n) is 4.63. The van der Waals surface area contributed by atoms with Crippen LogP contribution in [0.25, 0.3) is 11.2 Å². The van der Waals surface area contributed by atoms with Gasteiger partial charge in [0, 0.05) is 25.9 Å². The van der Waals surface area contributed by atoms with Crippen molar-refractivity contribution in [1.29, 1.82) is 0 Å². The third-order valence-corrected chi connectivity index (χ3v) is 6.29. The minimum Gasteiger partial charge on any atom is -0.388 e. The van der Waals surface area contributed by atoms with E-state index in [0.717, 1.165) is 0 Å². The van der Waals surface area contributed by atoms with Crippen LogP contribution in [0.3, 0.4) is 0 Å². The predicted molar refractivity (Wildman–Crippen MR) is 107 cm³/mol. The van der Waals surface area contributed by atoms with Gasteiger partial charge in [-0.1, -0.05) is 0 Å². The number of rotatable bonds is 4. The summed E-state index contributed by atoms with van der Waals surface area (Å²) in [6, 6.07) is -0.336. The molecule has 2 aromatic heterocycles. The zero-order chi connectivity index (χ0) is 20.6. The molecule has 0 radical (unpaired) electrons. The van der Waals surface area contributed by atoms with E-state index < -0.39 is 11.2 Å². The van der Waals surface area contributed by atoms with Crippen LogP contribution in [-0.4, -0.2) is 72.9 Å². The van der Waals surface area contributed by atoms with Gasteiger partial charge < -0.3 is 30.8 Å². The van der Waals surface area contributed by atoms with E-state index in [0.29, 0.717) is 75.3 Å². The number of amides is 1. The lowest BCUT2D eigenvalue weighted by Crippen LogP contribution is -2.58. The number of anilines is 1. The molecular weight excluding hydrogens is 374 g/mol. The lowest BCUT2D eigenvalue weighted by atomic mass is 9.75. The molecule has 2 saturated heterocycles. The standard InChI is InChI=1S/C19H29N7O3/c1-18(28)10-19(4-7-25(8-5-19)14(27)3-2-6-20)29-9-13(18)26-12-24-15-16(21)22-11-23-17(15)26/h11-13,28H,2-10,20H2,1H3,(H2,21,22,23)/t13-,18-/m0/s1. The van der Waals surface area contributed by atoms with E-state index in [1.165, 1.54) is 6.33 Å². The van der Waals surface area contributed by atoms with Gasteiger partial charge in [0.25, 0.3) is 0 Å². The molecule has 0 aliphatic carbocycles. The Bertz CT molecular complexity index is 889. The van der Waals surface area contributed by atoms with Crippen molar-refractivity contribution in [1.82, 2.24) is 24.4 Å². The van der Waals surface area contributed by atoms with E-state index in [-0.39, 0.29) is 11.9 Å². The molecule has 0 aromatic carbocycles. The number of nitrogens with two attached hydrogens (primary N) is 2.